The highest BCUT2D eigenvalue weighted by Crippen LogP contribution is 2.28. The number of halogens is 2. The first-order valence-corrected chi connectivity index (χ1v) is 5.18. The molecule has 2 N–H and O–H groups in total. The average molecular weight is 293 g/mol. The molecule has 1 aromatic carbocycles. The molecule has 2 nitrogen and oxygen atoms in total. The van der Waals surface area contributed by atoms with Crippen molar-refractivity contribution in [2.75, 3.05) is 7.11 Å². The second-order valence-corrected chi connectivity index (χ2v) is 3.88. The van der Waals surface area contributed by atoms with Gasteiger partial charge in [0.25, 0.3) is 0 Å². The van der Waals surface area contributed by atoms with E-state index in [0.29, 0.717) is 0 Å². The summed E-state index contributed by atoms with van der Waals surface area (Å²) >= 11 is 3.42. The van der Waals surface area contributed by atoms with Crippen LogP contribution in [0.4, 0.5) is 0 Å². The SMILES string of the molecule is C=CC[C@H](N)c1ccc(OC)c(Br)c1.Cl. The fourth-order valence-corrected chi connectivity index (χ4v) is 1.79. The zero-order chi connectivity index (χ0) is 10.6. The highest BCUT2D eigenvalue weighted by Gasteiger charge is 2.06. The van der Waals surface area contributed by atoms with Gasteiger partial charge < -0.3 is 10.5 Å². The molecule has 1 atom stereocenters. The monoisotopic (exact) mass is 291 g/mol. The third-order valence-electron chi connectivity index (χ3n) is 2.02. The Kier molecular flexibility index (Phi) is 6.65. The summed E-state index contributed by atoms with van der Waals surface area (Å²) in [5.41, 5.74) is 7.01. The lowest BCUT2D eigenvalue weighted by Gasteiger charge is -2.11. The summed E-state index contributed by atoms with van der Waals surface area (Å²) in [6.45, 7) is 3.67. The summed E-state index contributed by atoms with van der Waals surface area (Å²) < 4.78 is 6.06. The minimum Gasteiger partial charge on any atom is -0.496 e. The van der Waals surface area contributed by atoms with Crippen molar-refractivity contribution in [1.82, 2.24) is 0 Å². The lowest BCUT2D eigenvalue weighted by molar-refractivity contribution is 0.412. The fraction of sp³-hybridized carbons (Fsp3) is 0.273. The average Bonchev–Trinajstić information content (AvgIpc) is 2.18. The Bertz CT molecular complexity index is 330. The van der Waals surface area contributed by atoms with E-state index in [0.717, 1.165) is 22.2 Å². The molecule has 0 fully saturated rings. The smallest absolute Gasteiger partial charge is 0.133 e. The molecule has 0 bridgehead atoms. The van der Waals surface area contributed by atoms with E-state index in [4.69, 9.17) is 10.5 Å². The molecule has 4 heteroatoms. The molecule has 0 aliphatic carbocycles. The van der Waals surface area contributed by atoms with E-state index < -0.39 is 0 Å². The second kappa shape index (κ2) is 6.88. The van der Waals surface area contributed by atoms with E-state index >= 15 is 0 Å². The molecule has 0 saturated heterocycles. The van der Waals surface area contributed by atoms with Gasteiger partial charge in [-0.1, -0.05) is 12.1 Å². The number of methoxy groups -OCH3 is 1. The third-order valence-corrected chi connectivity index (χ3v) is 2.64. The van der Waals surface area contributed by atoms with Crippen molar-refractivity contribution in [3.05, 3.63) is 40.9 Å². The lowest BCUT2D eigenvalue weighted by atomic mass is 10.0. The maximum atomic E-state index is 5.93. The molecular formula is C11H15BrClNO. The Morgan fingerprint density at radius 3 is 2.73 bits per heavy atom. The van der Waals surface area contributed by atoms with Gasteiger partial charge in [0.05, 0.1) is 11.6 Å². The minimum absolute atomic E-state index is 0. The molecule has 15 heavy (non-hydrogen) atoms. The van der Waals surface area contributed by atoms with Crippen LogP contribution in [-0.4, -0.2) is 7.11 Å². The van der Waals surface area contributed by atoms with Crippen molar-refractivity contribution in [1.29, 1.82) is 0 Å². The molecular weight excluding hydrogens is 277 g/mol. The molecule has 0 amide bonds. The van der Waals surface area contributed by atoms with E-state index in [1.165, 1.54) is 0 Å². The topological polar surface area (TPSA) is 35.2 Å². The van der Waals surface area contributed by atoms with Crippen LogP contribution in [0, 0.1) is 0 Å². The van der Waals surface area contributed by atoms with E-state index in [2.05, 4.69) is 22.5 Å². The van der Waals surface area contributed by atoms with Crippen LogP contribution in [0.5, 0.6) is 5.75 Å². The number of rotatable bonds is 4. The Morgan fingerprint density at radius 1 is 1.60 bits per heavy atom. The van der Waals surface area contributed by atoms with Crippen LogP contribution >= 0.6 is 28.3 Å². The van der Waals surface area contributed by atoms with Crippen LogP contribution in [0.15, 0.2) is 35.3 Å². The standard InChI is InChI=1S/C11H14BrNO.ClH/c1-3-4-10(13)8-5-6-11(14-2)9(12)7-8;/h3,5-7,10H,1,4,13H2,2H3;1H/t10-;/m0./s1. The van der Waals surface area contributed by atoms with Crippen LogP contribution in [-0.2, 0) is 0 Å². The van der Waals surface area contributed by atoms with Gasteiger partial charge in [0.1, 0.15) is 5.75 Å². The van der Waals surface area contributed by atoms with Crippen LogP contribution < -0.4 is 10.5 Å². The molecule has 0 saturated carbocycles. The maximum Gasteiger partial charge on any atom is 0.133 e. The number of benzene rings is 1. The Balaban J connectivity index is 0.00000196. The van der Waals surface area contributed by atoms with Crippen LogP contribution in [0.1, 0.15) is 18.0 Å². The summed E-state index contributed by atoms with van der Waals surface area (Å²) in [6.07, 6.45) is 2.60. The number of hydrogen-bond acceptors (Lipinski definition) is 2. The van der Waals surface area contributed by atoms with Gasteiger partial charge in [-0.05, 0) is 40.0 Å². The first kappa shape index (κ1) is 14.5. The van der Waals surface area contributed by atoms with Gasteiger partial charge in [0, 0.05) is 6.04 Å². The molecule has 0 aromatic heterocycles. The summed E-state index contributed by atoms with van der Waals surface area (Å²) in [6, 6.07) is 5.86. The largest absolute Gasteiger partial charge is 0.496 e. The van der Waals surface area contributed by atoms with Gasteiger partial charge in [-0.2, -0.15) is 0 Å². The van der Waals surface area contributed by atoms with Gasteiger partial charge in [0.2, 0.25) is 0 Å². The molecule has 1 aromatic rings. The highest BCUT2D eigenvalue weighted by atomic mass is 79.9. The van der Waals surface area contributed by atoms with Crippen LogP contribution in [0.2, 0.25) is 0 Å². The van der Waals surface area contributed by atoms with Crippen molar-refractivity contribution < 1.29 is 4.74 Å². The van der Waals surface area contributed by atoms with Crippen molar-refractivity contribution in [2.24, 2.45) is 5.73 Å². The zero-order valence-electron chi connectivity index (χ0n) is 8.57. The fourth-order valence-electron chi connectivity index (χ4n) is 1.23. The molecule has 0 aliphatic rings. The predicted molar refractivity (Wildman–Crippen MR) is 69.7 cm³/mol. The van der Waals surface area contributed by atoms with Crippen molar-refractivity contribution in [3.8, 4) is 5.75 Å². The summed E-state index contributed by atoms with van der Waals surface area (Å²) in [5, 5.41) is 0. The first-order chi connectivity index (χ1) is 6.69. The molecule has 0 spiro atoms. The normalized spacial score (nSPS) is 11.4. The number of hydrogen-bond donors (Lipinski definition) is 1. The Hall–Kier alpha value is -0.510. The number of nitrogens with two attached hydrogens (primary N) is 1. The third kappa shape index (κ3) is 3.86. The second-order valence-electron chi connectivity index (χ2n) is 3.02. The van der Waals surface area contributed by atoms with E-state index in [9.17, 15) is 0 Å². The van der Waals surface area contributed by atoms with Gasteiger partial charge in [-0.3, -0.25) is 0 Å². The Morgan fingerprint density at radius 2 is 2.27 bits per heavy atom. The minimum atomic E-state index is 0. The Labute approximate surface area is 105 Å². The summed E-state index contributed by atoms with van der Waals surface area (Å²) in [7, 11) is 1.64. The van der Waals surface area contributed by atoms with E-state index in [1.807, 2.05) is 24.3 Å². The van der Waals surface area contributed by atoms with E-state index in [-0.39, 0.29) is 18.4 Å². The number of ether oxygens (including phenoxy) is 1. The van der Waals surface area contributed by atoms with Gasteiger partial charge in [-0.15, -0.1) is 19.0 Å². The van der Waals surface area contributed by atoms with Crippen molar-refractivity contribution >= 4 is 28.3 Å². The molecule has 0 unspecified atom stereocenters. The zero-order valence-corrected chi connectivity index (χ0v) is 11.0. The molecule has 1 rings (SSSR count). The quantitative estimate of drug-likeness (QED) is 0.863. The first-order valence-electron chi connectivity index (χ1n) is 4.39. The van der Waals surface area contributed by atoms with E-state index in [1.54, 1.807) is 7.11 Å². The lowest BCUT2D eigenvalue weighted by Crippen LogP contribution is -2.08. The molecule has 0 heterocycles. The van der Waals surface area contributed by atoms with Crippen LogP contribution in [0.3, 0.4) is 0 Å². The van der Waals surface area contributed by atoms with Crippen molar-refractivity contribution in [2.45, 2.75) is 12.5 Å². The molecule has 0 radical (unpaired) electrons. The van der Waals surface area contributed by atoms with Gasteiger partial charge >= 0.3 is 0 Å². The molecule has 84 valence electrons. The van der Waals surface area contributed by atoms with Crippen LogP contribution in [0.25, 0.3) is 0 Å². The maximum absolute atomic E-state index is 5.93. The summed E-state index contributed by atoms with van der Waals surface area (Å²) in [4.78, 5) is 0. The highest BCUT2D eigenvalue weighted by molar-refractivity contribution is 9.10. The molecule has 0 aliphatic heterocycles. The summed E-state index contributed by atoms with van der Waals surface area (Å²) in [5.74, 6) is 0.819. The predicted octanol–water partition coefficient (Wildman–Crippen LogP) is 3.46. The van der Waals surface area contributed by atoms with Gasteiger partial charge in [-0.25, -0.2) is 0 Å². The van der Waals surface area contributed by atoms with Crippen molar-refractivity contribution in [3.63, 3.8) is 0 Å². The van der Waals surface area contributed by atoms with Gasteiger partial charge in [0.15, 0.2) is 0 Å².